The number of likely N-dealkylation sites (tertiary alicyclic amines) is 1. The molecule has 34 heavy (non-hydrogen) atoms. The Kier molecular flexibility index (Phi) is 7.86. The molecule has 4 rings (SSSR count). The van der Waals surface area contributed by atoms with Crippen LogP contribution in [0.3, 0.4) is 0 Å². The van der Waals surface area contributed by atoms with Crippen LogP contribution in [-0.4, -0.2) is 42.4 Å². The Morgan fingerprint density at radius 3 is 2.00 bits per heavy atom. The maximum Gasteiger partial charge on any atom is 0.409 e. The second-order valence-electron chi connectivity index (χ2n) is 8.70. The summed E-state index contributed by atoms with van der Waals surface area (Å²) in [4.78, 5) is 14.4. The van der Waals surface area contributed by atoms with E-state index in [0.29, 0.717) is 45.6 Å². The molecule has 3 aromatic carbocycles. The Hall–Kier alpha value is -3.31. The quantitative estimate of drug-likeness (QED) is 0.489. The highest BCUT2D eigenvalue weighted by Gasteiger charge is 2.42. The van der Waals surface area contributed by atoms with Crippen molar-refractivity contribution in [3.05, 3.63) is 102 Å². The van der Waals surface area contributed by atoms with Crippen molar-refractivity contribution in [1.82, 2.24) is 4.90 Å². The van der Waals surface area contributed by atoms with Crippen molar-refractivity contribution < 1.29 is 19.4 Å². The van der Waals surface area contributed by atoms with Crippen LogP contribution >= 0.6 is 0 Å². The van der Waals surface area contributed by atoms with Gasteiger partial charge in [0.2, 0.25) is 0 Å². The van der Waals surface area contributed by atoms with Gasteiger partial charge in [-0.1, -0.05) is 72.8 Å². The zero-order valence-corrected chi connectivity index (χ0v) is 19.7. The number of nitrogens with zero attached hydrogens (tertiary/aromatic N) is 1. The largest absolute Gasteiger partial charge is 0.494 e. The fourth-order valence-corrected chi connectivity index (χ4v) is 4.77. The summed E-state index contributed by atoms with van der Waals surface area (Å²) >= 11 is 0. The molecule has 0 radical (unpaired) electrons. The predicted octanol–water partition coefficient (Wildman–Crippen LogP) is 5.41. The Morgan fingerprint density at radius 1 is 0.912 bits per heavy atom. The first-order valence-corrected chi connectivity index (χ1v) is 12.1. The third-order valence-electron chi connectivity index (χ3n) is 6.62. The lowest BCUT2D eigenvalue weighted by atomic mass is 9.72. The summed E-state index contributed by atoms with van der Waals surface area (Å²) in [6, 6.07) is 27.5. The van der Waals surface area contributed by atoms with Crippen LogP contribution in [0.25, 0.3) is 0 Å². The molecule has 5 nitrogen and oxygen atoms in total. The number of hydrogen-bond donors (Lipinski definition) is 1. The molecule has 0 aliphatic carbocycles. The van der Waals surface area contributed by atoms with Crippen molar-refractivity contribution >= 4 is 6.09 Å². The summed E-state index contributed by atoms with van der Waals surface area (Å²) in [6.45, 7) is 4.07. The van der Waals surface area contributed by atoms with Gasteiger partial charge >= 0.3 is 6.09 Å². The predicted molar refractivity (Wildman–Crippen MR) is 133 cm³/mol. The molecule has 3 aromatic rings. The lowest BCUT2D eigenvalue weighted by Crippen LogP contribution is -2.46. The van der Waals surface area contributed by atoms with E-state index in [2.05, 4.69) is 0 Å². The highest BCUT2D eigenvalue weighted by molar-refractivity contribution is 5.67. The molecule has 1 aliphatic rings. The molecule has 0 bridgehead atoms. The molecule has 178 valence electrons. The highest BCUT2D eigenvalue weighted by Crippen LogP contribution is 2.41. The van der Waals surface area contributed by atoms with Gasteiger partial charge < -0.3 is 19.5 Å². The molecular weight excluding hydrogens is 426 g/mol. The van der Waals surface area contributed by atoms with Gasteiger partial charge in [-0.05, 0) is 54.5 Å². The van der Waals surface area contributed by atoms with E-state index in [0.717, 1.165) is 22.4 Å². The Bertz CT molecular complexity index is 989. The van der Waals surface area contributed by atoms with Gasteiger partial charge in [0, 0.05) is 19.5 Å². The molecule has 5 heteroatoms. The van der Waals surface area contributed by atoms with Gasteiger partial charge in [-0.3, -0.25) is 0 Å². The highest BCUT2D eigenvalue weighted by atomic mass is 16.6. The van der Waals surface area contributed by atoms with E-state index >= 15 is 0 Å². The Morgan fingerprint density at radius 2 is 1.47 bits per heavy atom. The number of amides is 1. The van der Waals surface area contributed by atoms with Crippen molar-refractivity contribution in [2.75, 3.05) is 26.3 Å². The zero-order chi connectivity index (χ0) is 23.8. The van der Waals surface area contributed by atoms with Gasteiger partial charge in [0.1, 0.15) is 11.4 Å². The Balaban J connectivity index is 1.33. The number of ether oxygens (including phenoxy) is 2. The van der Waals surface area contributed by atoms with E-state index in [1.54, 1.807) is 4.90 Å². The maximum atomic E-state index is 12.6. The van der Waals surface area contributed by atoms with E-state index in [1.807, 2.05) is 91.9 Å². The first-order valence-electron chi connectivity index (χ1n) is 12.1. The van der Waals surface area contributed by atoms with Crippen molar-refractivity contribution in [1.29, 1.82) is 0 Å². The maximum absolute atomic E-state index is 12.6. The van der Waals surface area contributed by atoms with Crippen molar-refractivity contribution in [3.63, 3.8) is 0 Å². The zero-order valence-electron chi connectivity index (χ0n) is 19.7. The number of hydrogen-bond acceptors (Lipinski definition) is 4. The van der Waals surface area contributed by atoms with Crippen LogP contribution in [0.15, 0.2) is 84.9 Å². The molecule has 1 heterocycles. The SMILES string of the molecule is CCOc1ccc(CCOC(=O)N2CCC(C(O)(c3ccccc3)c3ccccc3)CC2)cc1. The molecule has 1 aliphatic heterocycles. The van der Waals surface area contributed by atoms with E-state index in [9.17, 15) is 9.90 Å². The molecule has 1 N–H and O–H groups in total. The summed E-state index contributed by atoms with van der Waals surface area (Å²) in [5, 5.41) is 12.0. The third kappa shape index (κ3) is 5.42. The average molecular weight is 460 g/mol. The fraction of sp³-hybridized carbons (Fsp3) is 0.345. The lowest BCUT2D eigenvalue weighted by molar-refractivity contribution is -0.0143. The van der Waals surface area contributed by atoms with Crippen LogP contribution < -0.4 is 4.74 Å². The van der Waals surface area contributed by atoms with Crippen molar-refractivity contribution in [2.45, 2.75) is 31.8 Å². The summed E-state index contributed by atoms with van der Waals surface area (Å²) in [6.07, 6.45) is 1.78. The van der Waals surface area contributed by atoms with Gasteiger partial charge in [-0.15, -0.1) is 0 Å². The third-order valence-corrected chi connectivity index (χ3v) is 6.62. The fourth-order valence-electron chi connectivity index (χ4n) is 4.77. The normalized spacial score (nSPS) is 14.6. The standard InChI is InChI=1S/C29H33NO4/c1-2-33-27-15-13-23(14-16-27)19-22-34-28(31)30-20-17-26(18-21-30)29(32,24-9-5-3-6-10-24)25-11-7-4-8-12-25/h3-16,26,32H,2,17-22H2,1H3. The van der Waals surface area contributed by atoms with E-state index in [1.165, 1.54) is 0 Å². The van der Waals surface area contributed by atoms with Crippen molar-refractivity contribution in [2.24, 2.45) is 5.92 Å². The minimum atomic E-state index is -1.09. The second-order valence-corrected chi connectivity index (χ2v) is 8.70. The molecule has 0 saturated carbocycles. The summed E-state index contributed by atoms with van der Waals surface area (Å²) in [5.74, 6) is 0.849. The number of carbonyl (C=O) groups is 1. The molecule has 0 unspecified atom stereocenters. The van der Waals surface area contributed by atoms with E-state index < -0.39 is 5.60 Å². The smallest absolute Gasteiger partial charge is 0.409 e. The van der Waals surface area contributed by atoms with Crippen LogP contribution in [0.5, 0.6) is 5.75 Å². The minimum Gasteiger partial charge on any atom is -0.494 e. The first-order chi connectivity index (χ1) is 16.6. The van der Waals surface area contributed by atoms with Gasteiger partial charge in [0.15, 0.2) is 0 Å². The number of piperidine rings is 1. The molecule has 1 fully saturated rings. The molecular formula is C29H33NO4. The Labute approximate surface area is 201 Å². The minimum absolute atomic E-state index is 0.00482. The molecule has 0 aromatic heterocycles. The summed E-state index contributed by atoms with van der Waals surface area (Å²) in [7, 11) is 0. The molecule has 1 amide bonds. The number of rotatable bonds is 8. The van der Waals surface area contributed by atoms with Crippen LogP contribution in [0, 0.1) is 5.92 Å². The monoisotopic (exact) mass is 459 g/mol. The topological polar surface area (TPSA) is 59.0 Å². The lowest BCUT2D eigenvalue weighted by Gasteiger charge is -2.42. The molecule has 0 atom stereocenters. The van der Waals surface area contributed by atoms with Crippen molar-refractivity contribution in [3.8, 4) is 5.75 Å². The van der Waals surface area contributed by atoms with Crippen LogP contribution in [0.4, 0.5) is 4.79 Å². The molecule has 1 saturated heterocycles. The van der Waals surface area contributed by atoms with E-state index in [4.69, 9.17) is 9.47 Å². The van der Waals surface area contributed by atoms with E-state index in [-0.39, 0.29) is 12.0 Å². The van der Waals surface area contributed by atoms with Gasteiger partial charge in [0.05, 0.1) is 13.2 Å². The second kappa shape index (κ2) is 11.2. The van der Waals surface area contributed by atoms with Gasteiger partial charge in [-0.25, -0.2) is 4.79 Å². The number of carbonyl (C=O) groups excluding carboxylic acids is 1. The summed E-state index contributed by atoms with van der Waals surface area (Å²) < 4.78 is 11.0. The average Bonchev–Trinajstić information content (AvgIpc) is 2.90. The first kappa shape index (κ1) is 23.8. The number of aliphatic hydroxyl groups is 1. The van der Waals surface area contributed by atoms with Gasteiger partial charge in [0.25, 0.3) is 0 Å². The van der Waals surface area contributed by atoms with Gasteiger partial charge in [-0.2, -0.15) is 0 Å². The summed E-state index contributed by atoms with van der Waals surface area (Å²) in [5.41, 5.74) is 1.78. The van der Waals surface area contributed by atoms with Crippen LogP contribution in [0.1, 0.15) is 36.5 Å². The van der Waals surface area contributed by atoms with Crippen LogP contribution in [-0.2, 0) is 16.8 Å². The number of benzene rings is 3. The molecule has 0 spiro atoms. The van der Waals surface area contributed by atoms with Crippen LogP contribution in [0.2, 0.25) is 0 Å².